The number of para-hydroxylation sites is 2. The fourth-order valence-corrected chi connectivity index (χ4v) is 2.24. The number of benzene rings is 1. The third-order valence-corrected chi connectivity index (χ3v) is 3.52. The van der Waals surface area contributed by atoms with Gasteiger partial charge in [-0.15, -0.1) is 0 Å². The number of H-pyrrole nitrogens is 1. The first-order valence-corrected chi connectivity index (χ1v) is 8.39. The summed E-state index contributed by atoms with van der Waals surface area (Å²) in [7, 11) is -0.447. The quantitative estimate of drug-likeness (QED) is 0.445. The van der Waals surface area contributed by atoms with Gasteiger partial charge >= 0.3 is 5.63 Å². The molecule has 100 valence electrons. The van der Waals surface area contributed by atoms with Crippen LogP contribution in [-0.2, 0) is 33.7 Å². The molecule has 0 fully saturated rings. The van der Waals surface area contributed by atoms with Gasteiger partial charge in [0, 0.05) is 21.1 Å². The van der Waals surface area contributed by atoms with Gasteiger partial charge in [-0.2, -0.15) is 4.98 Å². The molecule has 4 nitrogen and oxygen atoms in total. The third-order valence-electron chi connectivity index (χ3n) is 2.23. The van der Waals surface area contributed by atoms with E-state index in [0.29, 0.717) is 5.16 Å². The molecule has 2 heterocycles. The van der Waals surface area contributed by atoms with E-state index in [2.05, 4.69) is 28.3 Å². The van der Waals surface area contributed by atoms with E-state index >= 15 is 0 Å². The van der Waals surface area contributed by atoms with Gasteiger partial charge in [-0.05, 0) is 17.3 Å². The van der Waals surface area contributed by atoms with Gasteiger partial charge in [0.2, 0.25) is 0 Å². The molecule has 0 saturated carbocycles. The smallest absolute Gasteiger partial charge is 0.341 e. The number of hydrogen-bond donors (Lipinski definition) is 1. The molecule has 0 unspecified atom stereocenters. The van der Waals surface area contributed by atoms with Crippen LogP contribution < -0.4 is 5.63 Å². The number of oxazole rings is 1. The average Bonchev–Trinajstić information content (AvgIpc) is 2.96. The van der Waals surface area contributed by atoms with Crippen LogP contribution in [0.1, 0.15) is 0 Å². The van der Waals surface area contributed by atoms with Crippen molar-refractivity contribution in [3.63, 3.8) is 0 Å². The van der Waals surface area contributed by atoms with Crippen LogP contribution in [0.5, 0.6) is 0 Å². The SMILES string of the molecule is C[PH+](C)c1ncco1.[S-]c1nc2ccccc2[nH]1.[W]. The monoisotopic (exact) mass is 463 g/mol. The van der Waals surface area contributed by atoms with Gasteiger partial charge in [-0.1, -0.05) is 12.1 Å². The van der Waals surface area contributed by atoms with Crippen molar-refractivity contribution in [2.24, 2.45) is 0 Å². The molecule has 2 aromatic heterocycles. The van der Waals surface area contributed by atoms with Crippen LogP contribution in [0, 0.1) is 0 Å². The van der Waals surface area contributed by atoms with E-state index in [0.717, 1.165) is 16.7 Å². The number of fused-ring (bicyclic) bond motifs is 1. The molecule has 0 spiro atoms. The summed E-state index contributed by atoms with van der Waals surface area (Å²) >= 11 is 4.85. The number of aromatic nitrogens is 3. The minimum absolute atomic E-state index is 0. The molecule has 0 aliphatic rings. The topological polar surface area (TPSA) is 54.7 Å². The molecule has 0 radical (unpaired) electrons. The second-order valence-electron chi connectivity index (χ2n) is 3.90. The Hall–Kier alpha value is -0.762. The summed E-state index contributed by atoms with van der Waals surface area (Å²) in [5.74, 6) is 0. The molecular weight excluding hydrogens is 449 g/mol. The largest absolute Gasteiger partial charge is 0.742 e. The molecule has 0 aliphatic carbocycles. The van der Waals surface area contributed by atoms with Crippen LogP contribution in [0.25, 0.3) is 11.0 Å². The van der Waals surface area contributed by atoms with Gasteiger partial charge in [-0.25, -0.2) is 0 Å². The van der Waals surface area contributed by atoms with Crippen molar-refractivity contribution in [1.29, 1.82) is 0 Å². The molecule has 19 heavy (non-hydrogen) atoms. The van der Waals surface area contributed by atoms with Gasteiger partial charge in [0.1, 0.15) is 6.26 Å². The van der Waals surface area contributed by atoms with Gasteiger partial charge in [0.05, 0.1) is 38.5 Å². The Morgan fingerprint density at radius 3 is 2.53 bits per heavy atom. The Balaban J connectivity index is 0.000000185. The van der Waals surface area contributed by atoms with E-state index < -0.39 is 7.92 Å². The summed E-state index contributed by atoms with van der Waals surface area (Å²) in [5.41, 5.74) is 2.86. The molecule has 3 rings (SSSR count). The zero-order valence-corrected chi connectivity index (χ0v) is 15.3. The van der Waals surface area contributed by atoms with E-state index in [-0.39, 0.29) is 21.1 Å². The average molecular weight is 463 g/mol. The maximum atomic E-state index is 5.03. The Kier molecular flexibility index (Phi) is 6.63. The number of imidazole rings is 1. The van der Waals surface area contributed by atoms with E-state index in [1.165, 1.54) is 0 Å². The van der Waals surface area contributed by atoms with Crippen LogP contribution in [0.2, 0.25) is 0 Å². The predicted octanol–water partition coefficient (Wildman–Crippen LogP) is 2.24. The zero-order valence-electron chi connectivity index (χ0n) is 10.6. The van der Waals surface area contributed by atoms with Crippen molar-refractivity contribution in [3.8, 4) is 0 Å². The maximum Gasteiger partial charge on any atom is 0.341 e. The first-order chi connectivity index (χ1) is 8.66. The number of aromatic amines is 1. The second kappa shape index (κ2) is 7.74. The van der Waals surface area contributed by atoms with Gasteiger partial charge in [0.25, 0.3) is 0 Å². The molecule has 0 saturated heterocycles. The number of rotatable bonds is 1. The van der Waals surface area contributed by atoms with Crippen LogP contribution in [0.4, 0.5) is 0 Å². The zero-order chi connectivity index (χ0) is 13.0. The Labute approximate surface area is 132 Å². The first kappa shape index (κ1) is 16.3. The first-order valence-electron chi connectivity index (χ1n) is 5.48. The standard InChI is InChI=1S/C7H6N2S.C5H8NOP.W/c10-7-8-5-3-1-2-4-6(5)9-7;1-8(2)5-6-3-4-7-5;/h1-4H,(H2,8,9,10);3-4H,1-2H3;. The summed E-state index contributed by atoms with van der Waals surface area (Å²) in [6.07, 6.45) is 3.31. The number of nitrogens with one attached hydrogen (secondary N) is 1. The van der Waals surface area contributed by atoms with Crippen molar-refractivity contribution in [3.05, 3.63) is 36.7 Å². The minimum atomic E-state index is -0.447. The molecular formula is C12H14N3OPSW. The fraction of sp³-hybridized carbons (Fsp3) is 0.167. The Morgan fingerprint density at radius 2 is 2.00 bits per heavy atom. The predicted molar refractivity (Wildman–Crippen MR) is 78.0 cm³/mol. The van der Waals surface area contributed by atoms with Crippen molar-refractivity contribution >= 4 is 37.2 Å². The molecule has 0 atom stereocenters. The summed E-state index contributed by atoms with van der Waals surface area (Å²) in [5, 5.41) is 0.557. The normalized spacial score (nSPS) is 9.84. The molecule has 0 aliphatic heterocycles. The molecule has 0 amide bonds. The van der Waals surface area contributed by atoms with E-state index in [9.17, 15) is 0 Å². The van der Waals surface area contributed by atoms with E-state index in [1.54, 1.807) is 12.5 Å². The Bertz CT molecular complexity index is 579. The van der Waals surface area contributed by atoms with Crippen molar-refractivity contribution in [2.45, 2.75) is 5.16 Å². The summed E-state index contributed by atoms with van der Waals surface area (Å²) in [6.45, 7) is 4.30. The third kappa shape index (κ3) is 4.68. The van der Waals surface area contributed by atoms with Crippen LogP contribution in [-0.4, -0.2) is 28.3 Å². The van der Waals surface area contributed by atoms with E-state index in [4.69, 9.17) is 17.0 Å². The summed E-state index contributed by atoms with van der Waals surface area (Å²) < 4.78 is 5.03. The van der Waals surface area contributed by atoms with Crippen LogP contribution in [0.15, 0.2) is 46.3 Å². The number of hydrogen-bond acceptors (Lipinski definition) is 4. The molecule has 1 N–H and O–H groups in total. The summed E-state index contributed by atoms with van der Waals surface area (Å²) in [6, 6.07) is 7.78. The van der Waals surface area contributed by atoms with Crippen LogP contribution in [0.3, 0.4) is 0 Å². The van der Waals surface area contributed by atoms with Gasteiger partial charge < -0.3 is 22.0 Å². The number of nitrogens with zero attached hydrogens (tertiary/aromatic N) is 2. The van der Waals surface area contributed by atoms with E-state index in [1.807, 2.05) is 24.3 Å². The van der Waals surface area contributed by atoms with Crippen molar-refractivity contribution in [2.75, 3.05) is 13.3 Å². The summed E-state index contributed by atoms with van der Waals surface area (Å²) in [4.78, 5) is 11.0. The second-order valence-corrected chi connectivity index (χ2v) is 6.71. The molecule has 1 aromatic carbocycles. The van der Waals surface area contributed by atoms with Crippen molar-refractivity contribution in [1.82, 2.24) is 15.0 Å². The van der Waals surface area contributed by atoms with Crippen molar-refractivity contribution < 1.29 is 25.5 Å². The van der Waals surface area contributed by atoms with Crippen LogP contribution >= 0.6 is 7.92 Å². The fourth-order valence-electron chi connectivity index (χ4n) is 1.40. The maximum absolute atomic E-state index is 5.03. The molecule has 3 aromatic rings. The Morgan fingerprint density at radius 1 is 1.26 bits per heavy atom. The van der Waals surface area contributed by atoms with Gasteiger partial charge in [0.15, 0.2) is 0 Å². The minimum Gasteiger partial charge on any atom is -0.742 e. The molecule has 0 bridgehead atoms. The molecule has 7 heteroatoms. The van der Waals surface area contributed by atoms with Gasteiger partial charge in [-0.3, -0.25) is 4.98 Å².